The lowest BCUT2D eigenvalue weighted by molar-refractivity contribution is -0.119. The first kappa shape index (κ1) is 21.4. The van der Waals surface area contributed by atoms with Gasteiger partial charge >= 0.3 is 0 Å². The zero-order valence-electron chi connectivity index (χ0n) is 17.5. The van der Waals surface area contributed by atoms with Gasteiger partial charge in [0.05, 0.1) is 6.54 Å². The summed E-state index contributed by atoms with van der Waals surface area (Å²) in [6.45, 7) is 5.60. The van der Waals surface area contributed by atoms with Crippen LogP contribution < -0.4 is 21.3 Å². The minimum atomic E-state index is -0.208. The van der Waals surface area contributed by atoms with Crippen molar-refractivity contribution in [3.8, 4) is 0 Å². The molecule has 2 aromatic rings. The molecular weight excluding hydrogens is 380 g/mol. The van der Waals surface area contributed by atoms with E-state index in [1.165, 1.54) is 0 Å². The fraction of sp³-hybridized carbons (Fsp3) is 0.348. The molecular formula is C23H28N4O3. The summed E-state index contributed by atoms with van der Waals surface area (Å²) >= 11 is 0. The first-order valence-corrected chi connectivity index (χ1v) is 10.2. The van der Waals surface area contributed by atoms with E-state index in [4.69, 9.17) is 0 Å². The van der Waals surface area contributed by atoms with Gasteiger partial charge in [0.15, 0.2) is 0 Å². The molecule has 30 heavy (non-hydrogen) atoms. The van der Waals surface area contributed by atoms with Crippen LogP contribution in [0.4, 0.5) is 22.7 Å². The third-order valence-electron chi connectivity index (χ3n) is 4.92. The van der Waals surface area contributed by atoms with Crippen LogP contribution in [0.15, 0.2) is 42.5 Å². The summed E-state index contributed by atoms with van der Waals surface area (Å²) in [6, 6.07) is 12.7. The number of nitrogens with one attached hydrogen (secondary N) is 4. The first-order valence-electron chi connectivity index (χ1n) is 10.2. The van der Waals surface area contributed by atoms with Crippen LogP contribution in [0.3, 0.4) is 0 Å². The average Bonchev–Trinajstić information content (AvgIpc) is 3.55. The van der Waals surface area contributed by atoms with E-state index in [2.05, 4.69) is 21.3 Å². The molecule has 0 heterocycles. The Kier molecular flexibility index (Phi) is 6.72. The number of benzene rings is 2. The fourth-order valence-corrected chi connectivity index (χ4v) is 2.86. The maximum atomic E-state index is 12.4. The van der Waals surface area contributed by atoms with Gasteiger partial charge in [-0.1, -0.05) is 26.0 Å². The highest BCUT2D eigenvalue weighted by atomic mass is 16.2. The van der Waals surface area contributed by atoms with E-state index in [0.29, 0.717) is 17.1 Å². The molecule has 3 rings (SSSR count). The fourth-order valence-electron chi connectivity index (χ4n) is 2.86. The van der Waals surface area contributed by atoms with E-state index in [1.807, 2.05) is 45.0 Å². The van der Waals surface area contributed by atoms with Crippen LogP contribution in [0.5, 0.6) is 0 Å². The number of anilines is 4. The molecule has 1 aliphatic rings. The largest absolute Gasteiger partial charge is 0.376 e. The SMILES string of the molecule is Cc1c(NC(=O)CNc2cccc(NC(=O)C(C)C)c2)cccc1NC(=O)C1CC1. The van der Waals surface area contributed by atoms with Crippen molar-refractivity contribution in [3.05, 3.63) is 48.0 Å². The van der Waals surface area contributed by atoms with Gasteiger partial charge in [-0.15, -0.1) is 0 Å². The van der Waals surface area contributed by atoms with Gasteiger partial charge in [-0.2, -0.15) is 0 Å². The zero-order chi connectivity index (χ0) is 21.7. The summed E-state index contributed by atoms with van der Waals surface area (Å²) in [5.74, 6) is -0.226. The summed E-state index contributed by atoms with van der Waals surface area (Å²) in [5, 5.41) is 11.7. The number of hydrogen-bond donors (Lipinski definition) is 4. The molecule has 0 unspecified atom stereocenters. The number of rotatable bonds is 8. The zero-order valence-corrected chi connectivity index (χ0v) is 17.5. The van der Waals surface area contributed by atoms with E-state index >= 15 is 0 Å². The number of carbonyl (C=O) groups is 3. The van der Waals surface area contributed by atoms with E-state index in [9.17, 15) is 14.4 Å². The lowest BCUT2D eigenvalue weighted by Gasteiger charge is -2.14. The molecule has 7 heteroatoms. The Morgan fingerprint density at radius 1 is 0.933 bits per heavy atom. The molecule has 2 aromatic carbocycles. The van der Waals surface area contributed by atoms with Crippen molar-refractivity contribution in [1.82, 2.24) is 0 Å². The maximum absolute atomic E-state index is 12.4. The second kappa shape index (κ2) is 9.43. The van der Waals surface area contributed by atoms with Crippen LogP contribution in [0, 0.1) is 18.8 Å². The van der Waals surface area contributed by atoms with Crippen LogP contribution in [0.25, 0.3) is 0 Å². The van der Waals surface area contributed by atoms with Crippen molar-refractivity contribution in [2.24, 2.45) is 11.8 Å². The topological polar surface area (TPSA) is 99.3 Å². The molecule has 158 valence electrons. The van der Waals surface area contributed by atoms with Crippen molar-refractivity contribution in [1.29, 1.82) is 0 Å². The van der Waals surface area contributed by atoms with E-state index < -0.39 is 0 Å². The Hall–Kier alpha value is -3.35. The normalized spacial score (nSPS) is 12.9. The monoisotopic (exact) mass is 408 g/mol. The van der Waals surface area contributed by atoms with Crippen LogP contribution in [-0.4, -0.2) is 24.3 Å². The Balaban J connectivity index is 1.56. The maximum Gasteiger partial charge on any atom is 0.243 e. The molecule has 0 saturated heterocycles. The summed E-state index contributed by atoms with van der Waals surface area (Å²) < 4.78 is 0. The lowest BCUT2D eigenvalue weighted by Crippen LogP contribution is -2.23. The van der Waals surface area contributed by atoms with E-state index in [1.54, 1.807) is 18.2 Å². The highest BCUT2D eigenvalue weighted by molar-refractivity contribution is 5.98. The van der Waals surface area contributed by atoms with Crippen molar-refractivity contribution >= 4 is 40.5 Å². The number of carbonyl (C=O) groups excluding carboxylic acids is 3. The average molecular weight is 409 g/mol. The Labute approximate surface area is 176 Å². The predicted molar refractivity (Wildman–Crippen MR) is 120 cm³/mol. The second-order valence-corrected chi connectivity index (χ2v) is 7.87. The predicted octanol–water partition coefficient (Wildman–Crippen LogP) is 3.99. The van der Waals surface area contributed by atoms with Crippen molar-refractivity contribution in [3.63, 3.8) is 0 Å². The van der Waals surface area contributed by atoms with Crippen molar-refractivity contribution in [2.75, 3.05) is 27.8 Å². The molecule has 0 bridgehead atoms. The van der Waals surface area contributed by atoms with Gasteiger partial charge in [0.1, 0.15) is 0 Å². The molecule has 0 radical (unpaired) electrons. The molecule has 3 amide bonds. The van der Waals surface area contributed by atoms with Gasteiger partial charge in [-0.25, -0.2) is 0 Å². The lowest BCUT2D eigenvalue weighted by atomic mass is 10.1. The Morgan fingerprint density at radius 2 is 1.57 bits per heavy atom. The molecule has 1 fully saturated rings. The summed E-state index contributed by atoms with van der Waals surface area (Å²) in [4.78, 5) is 36.3. The van der Waals surface area contributed by atoms with E-state index in [-0.39, 0.29) is 36.1 Å². The minimum absolute atomic E-state index is 0.0349. The Morgan fingerprint density at radius 3 is 2.23 bits per heavy atom. The summed E-state index contributed by atoms with van der Waals surface area (Å²) in [7, 11) is 0. The first-order chi connectivity index (χ1) is 14.3. The molecule has 0 aromatic heterocycles. The van der Waals surface area contributed by atoms with Gasteiger partial charge in [-0.05, 0) is 55.7 Å². The molecule has 1 saturated carbocycles. The summed E-state index contributed by atoms with van der Waals surface area (Å²) in [5.41, 5.74) is 3.60. The molecule has 0 atom stereocenters. The van der Waals surface area contributed by atoms with Gasteiger partial charge in [-0.3, -0.25) is 14.4 Å². The van der Waals surface area contributed by atoms with Crippen molar-refractivity contribution in [2.45, 2.75) is 33.6 Å². The molecule has 1 aliphatic carbocycles. The van der Waals surface area contributed by atoms with Crippen LogP contribution in [-0.2, 0) is 14.4 Å². The van der Waals surface area contributed by atoms with Crippen LogP contribution >= 0.6 is 0 Å². The molecule has 0 aliphatic heterocycles. The second-order valence-electron chi connectivity index (χ2n) is 7.87. The van der Waals surface area contributed by atoms with Gasteiger partial charge in [0.2, 0.25) is 17.7 Å². The van der Waals surface area contributed by atoms with Gasteiger partial charge in [0.25, 0.3) is 0 Å². The minimum Gasteiger partial charge on any atom is -0.376 e. The van der Waals surface area contributed by atoms with Crippen molar-refractivity contribution < 1.29 is 14.4 Å². The molecule has 4 N–H and O–H groups in total. The molecule has 0 spiro atoms. The smallest absolute Gasteiger partial charge is 0.243 e. The quantitative estimate of drug-likeness (QED) is 0.531. The third-order valence-corrected chi connectivity index (χ3v) is 4.92. The third kappa shape index (κ3) is 5.83. The summed E-state index contributed by atoms with van der Waals surface area (Å²) in [6.07, 6.45) is 1.88. The molecule has 7 nitrogen and oxygen atoms in total. The highest BCUT2D eigenvalue weighted by Crippen LogP contribution is 2.31. The van der Waals surface area contributed by atoms with E-state index in [0.717, 1.165) is 24.1 Å². The van der Waals surface area contributed by atoms with Crippen LogP contribution in [0.2, 0.25) is 0 Å². The highest BCUT2D eigenvalue weighted by Gasteiger charge is 2.29. The van der Waals surface area contributed by atoms with Gasteiger partial charge < -0.3 is 21.3 Å². The van der Waals surface area contributed by atoms with Crippen LogP contribution in [0.1, 0.15) is 32.3 Å². The van der Waals surface area contributed by atoms with Gasteiger partial charge in [0, 0.05) is 34.6 Å². The Bertz CT molecular complexity index is 951. The standard InChI is InChI=1S/C23H28N4O3/c1-14(2)22(29)25-18-7-4-6-17(12-18)24-13-21(28)26-19-8-5-9-20(15(19)3)27-23(30)16-10-11-16/h4-9,12,14,16,24H,10-11,13H2,1-3H3,(H,25,29)(H,26,28)(H,27,30). The number of hydrogen-bond acceptors (Lipinski definition) is 4. The number of amides is 3.